The number of anilines is 1. The Kier molecular flexibility index (Phi) is 8.06. The number of hydrogen-bond acceptors (Lipinski definition) is 4. The second-order valence-electron chi connectivity index (χ2n) is 7.26. The first kappa shape index (κ1) is 23.1. The van der Waals surface area contributed by atoms with E-state index in [0.717, 1.165) is 22.3 Å². The van der Waals surface area contributed by atoms with Crippen LogP contribution in [0.1, 0.15) is 22.3 Å². The molecule has 0 fully saturated rings. The van der Waals surface area contributed by atoms with Crippen LogP contribution in [-0.2, 0) is 20.9 Å². The molecule has 0 aliphatic heterocycles. The van der Waals surface area contributed by atoms with Crippen LogP contribution >= 0.6 is 11.6 Å². The smallest absolute Gasteiger partial charge is 0.331 e. The van der Waals surface area contributed by atoms with Crippen LogP contribution in [0.5, 0.6) is 5.75 Å². The molecule has 6 heteroatoms. The molecule has 0 saturated heterocycles. The quantitative estimate of drug-likeness (QED) is 0.352. The van der Waals surface area contributed by atoms with E-state index in [-0.39, 0.29) is 12.5 Å². The zero-order valence-corrected chi connectivity index (χ0v) is 18.7. The largest absolute Gasteiger partial charge is 0.489 e. The van der Waals surface area contributed by atoms with Gasteiger partial charge in [0.15, 0.2) is 6.61 Å². The summed E-state index contributed by atoms with van der Waals surface area (Å²) < 4.78 is 10.8. The van der Waals surface area contributed by atoms with Crippen LogP contribution in [-0.4, -0.2) is 18.5 Å². The predicted octanol–water partition coefficient (Wildman–Crippen LogP) is 5.73. The topological polar surface area (TPSA) is 64.6 Å². The Morgan fingerprint density at radius 3 is 2.50 bits per heavy atom. The van der Waals surface area contributed by atoms with Crippen molar-refractivity contribution in [1.82, 2.24) is 0 Å². The molecule has 164 valence electrons. The van der Waals surface area contributed by atoms with E-state index in [1.54, 1.807) is 18.2 Å². The maximum atomic E-state index is 12.0. The highest BCUT2D eigenvalue weighted by Crippen LogP contribution is 2.19. The molecule has 0 aliphatic rings. The Balaban J connectivity index is 1.45. The first-order chi connectivity index (χ1) is 15.4. The molecule has 0 unspecified atom stereocenters. The number of aryl methyl sites for hydroxylation is 2. The molecule has 5 nitrogen and oxygen atoms in total. The molecule has 3 aromatic carbocycles. The van der Waals surface area contributed by atoms with E-state index in [4.69, 9.17) is 21.1 Å². The predicted molar refractivity (Wildman–Crippen MR) is 127 cm³/mol. The summed E-state index contributed by atoms with van der Waals surface area (Å²) in [7, 11) is 0. The lowest BCUT2D eigenvalue weighted by atomic mass is 10.1. The van der Waals surface area contributed by atoms with E-state index in [9.17, 15) is 9.59 Å². The van der Waals surface area contributed by atoms with Gasteiger partial charge in [0.05, 0.1) is 0 Å². The zero-order chi connectivity index (χ0) is 22.9. The van der Waals surface area contributed by atoms with Crippen molar-refractivity contribution in [2.45, 2.75) is 20.5 Å². The summed E-state index contributed by atoms with van der Waals surface area (Å²) in [5.74, 6) is -0.298. The molecule has 32 heavy (non-hydrogen) atoms. The van der Waals surface area contributed by atoms with Crippen LogP contribution in [0.4, 0.5) is 5.69 Å². The summed E-state index contributed by atoms with van der Waals surface area (Å²) in [6.45, 7) is 3.85. The number of nitrogens with one attached hydrogen (secondary N) is 1. The molecular formula is C26H24ClNO4. The number of ether oxygens (including phenoxy) is 2. The fourth-order valence-corrected chi connectivity index (χ4v) is 3.05. The molecule has 0 spiro atoms. The van der Waals surface area contributed by atoms with Gasteiger partial charge in [0.1, 0.15) is 12.4 Å². The van der Waals surface area contributed by atoms with E-state index in [1.807, 2.05) is 68.4 Å². The number of benzene rings is 3. The molecule has 3 rings (SSSR count). The second kappa shape index (κ2) is 11.2. The molecule has 0 radical (unpaired) electrons. The normalized spacial score (nSPS) is 10.7. The van der Waals surface area contributed by atoms with Gasteiger partial charge in [-0.25, -0.2) is 4.79 Å². The van der Waals surface area contributed by atoms with Gasteiger partial charge in [-0.15, -0.1) is 0 Å². The Morgan fingerprint density at radius 2 is 1.75 bits per heavy atom. The minimum Gasteiger partial charge on any atom is -0.489 e. The fraction of sp³-hybridized carbons (Fsp3) is 0.154. The minimum atomic E-state index is -0.597. The highest BCUT2D eigenvalue weighted by Gasteiger charge is 2.08. The molecule has 1 N–H and O–H groups in total. The summed E-state index contributed by atoms with van der Waals surface area (Å²) in [5, 5.41) is 3.41. The molecule has 0 aromatic heterocycles. The van der Waals surface area contributed by atoms with Gasteiger partial charge in [0, 0.05) is 22.3 Å². The van der Waals surface area contributed by atoms with E-state index in [1.165, 1.54) is 6.08 Å². The third kappa shape index (κ3) is 7.00. The number of hydrogen-bond donors (Lipinski definition) is 1. The van der Waals surface area contributed by atoms with Crippen LogP contribution in [0, 0.1) is 13.8 Å². The summed E-state index contributed by atoms with van der Waals surface area (Å²) in [6.07, 6.45) is 2.90. The fourth-order valence-electron chi connectivity index (χ4n) is 2.86. The second-order valence-corrected chi connectivity index (χ2v) is 7.66. The molecule has 1 amide bonds. The van der Waals surface area contributed by atoms with Crippen molar-refractivity contribution in [2.75, 3.05) is 11.9 Å². The SMILES string of the molecule is Cc1ccc(C)c(NC(=O)COC(=O)C=Cc2ccc(OCc3ccccc3Cl)cc2)c1. The molecule has 0 bridgehead atoms. The number of rotatable bonds is 8. The van der Waals surface area contributed by atoms with Gasteiger partial charge in [-0.3, -0.25) is 4.79 Å². The van der Waals surface area contributed by atoms with Crippen molar-refractivity contribution >= 4 is 35.2 Å². The van der Waals surface area contributed by atoms with Gasteiger partial charge < -0.3 is 14.8 Å². The minimum absolute atomic E-state index is 0.356. The van der Waals surface area contributed by atoms with Crippen molar-refractivity contribution < 1.29 is 19.1 Å². The number of carbonyl (C=O) groups is 2. The van der Waals surface area contributed by atoms with Gasteiger partial charge in [-0.05, 0) is 60.9 Å². The zero-order valence-electron chi connectivity index (χ0n) is 17.9. The Labute approximate surface area is 192 Å². The van der Waals surface area contributed by atoms with Crippen LogP contribution < -0.4 is 10.1 Å². The van der Waals surface area contributed by atoms with Crippen molar-refractivity contribution in [3.63, 3.8) is 0 Å². The molecular weight excluding hydrogens is 426 g/mol. The van der Waals surface area contributed by atoms with Crippen molar-refractivity contribution in [2.24, 2.45) is 0 Å². The lowest BCUT2D eigenvalue weighted by Crippen LogP contribution is -2.20. The lowest BCUT2D eigenvalue weighted by molar-refractivity contribution is -0.142. The number of halogens is 1. The van der Waals surface area contributed by atoms with Gasteiger partial charge >= 0.3 is 5.97 Å². The average molecular weight is 450 g/mol. The number of carbonyl (C=O) groups excluding carboxylic acids is 2. The highest BCUT2D eigenvalue weighted by atomic mass is 35.5. The standard InChI is InChI=1S/C26H24ClNO4/c1-18-7-8-19(2)24(15-18)28-25(29)17-32-26(30)14-11-20-9-12-22(13-10-20)31-16-21-5-3-4-6-23(21)27/h3-15H,16-17H2,1-2H3,(H,28,29). The van der Waals surface area contributed by atoms with Crippen LogP contribution in [0.15, 0.2) is 72.8 Å². The highest BCUT2D eigenvalue weighted by molar-refractivity contribution is 6.31. The Bertz CT molecular complexity index is 1120. The Morgan fingerprint density at radius 1 is 1.00 bits per heavy atom. The number of esters is 1. The van der Waals surface area contributed by atoms with Crippen LogP contribution in [0.25, 0.3) is 6.08 Å². The third-order valence-corrected chi connectivity index (χ3v) is 5.03. The van der Waals surface area contributed by atoms with E-state index < -0.39 is 5.97 Å². The summed E-state index contributed by atoms with van der Waals surface area (Å²) in [4.78, 5) is 24.0. The van der Waals surface area contributed by atoms with Gasteiger partial charge in [0.25, 0.3) is 5.91 Å². The molecule has 0 aliphatic carbocycles. The average Bonchev–Trinajstić information content (AvgIpc) is 2.79. The van der Waals surface area contributed by atoms with Crippen molar-refractivity contribution in [3.8, 4) is 5.75 Å². The maximum absolute atomic E-state index is 12.0. The van der Waals surface area contributed by atoms with Gasteiger partial charge in [-0.2, -0.15) is 0 Å². The van der Waals surface area contributed by atoms with Crippen LogP contribution in [0.3, 0.4) is 0 Å². The molecule has 0 saturated carbocycles. The third-order valence-electron chi connectivity index (χ3n) is 4.66. The van der Waals surface area contributed by atoms with Crippen molar-refractivity contribution in [1.29, 1.82) is 0 Å². The molecule has 0 heterocycles. The Hall–Kier alpha value is -3.57. The molecule has 0 atom stereocenters. The van der Waals surface area contributed by atoms with E-state index >= 15 is 0 Å². The first-order valence-electron chi connectivity index (χ1n) is 10.1. The summed E-state index contributed by atoms with van der Waals surface area (Å²) in [6, 6.07) is 20.5. The number of amides is 1. The van der Waals surface area contributed by atoms with Gasteiger partial charge in [-0.1, -0.05) is 54.1 Å². The lowest BCUT2D eigenvalue weighted by Gasteiger charge is -2.09. The first-order valence-corrected chi connectivity index (χ1v) is 10.5. The van der Waals surface area contributed by atoms with Gasteiger partial charge in [0.2, 0.25) is 0 Å². The maximum Gasteiger partial charge on any atom is 0.331 e. The summed E-state index contributed by atoms with van der Waals surface area (Å²) >= 11 is 6.13. The summed E-state index contributed by atoms with van der Waals surface area (Å²) in [5.41, 5.74) is 4.38. The van der Waals surface area contributed by atoms with E-state index in [0.29, 0.717) is 23.1 Å². The van der Waals surface area contributed by atoms with Crippen LogP contribution in [0.2, 0.25) is 5.02 Å². The van der Waals surface area contributed by atoms with E-state index in [2.05, 4.69) is 5.32 Å². The van der Waals surface area contributed by atoms with Crippen molar-refractivity contribution in [3.05, 3.63) is 100 Å². The monoisotopic (exact) mass is 449 g/mol. The molecule has 3 aromatic rings.